The summed E-state index contributed by atoms with van der Waals surface area (Å²) in [5, 5.41) is 16.0. The summed E-state index contributed by atoms with van der Waals surface area (Å²) < 4.78 is 14.4. The van der Waals surface area contributed by atoms with Gasteiger partial charge in [-0.05, 0) is 35.7 Å². The maximum atomic E-state index is 14.4. The van der Waals surface area contributed by atoms with E-state index in [0.717, 1.165) is 10.6 Å². The molecule has 0 fully saturated rings. The van der Waals surface area contributed by atoms with Gasteiger partial charge in [0, 0.05) is 23.6 Å². The van der Waals surface area contributed by atoms with Crippen molar-refractivity contribution in [1.82, 2.24) is 15.2 Å². The average molecular weight is 427 g/mol. The number of anilines is 2. The first-order chi connectivity index (χ1) is 14.0. The van der Waals surface area contributed by atoms with E-state index in [0.29, 0.717) is 16.5 Å². The Bertz CT molecular complexity index is 1180. The lowest BCUT2D eigenvalue weighted by molar-refractivity contribution is -0.114. The lowest BCUT2D eigenvalue weighted by atomic mass is 10.1. The van der Waals surface area contributed by atoms with Crippen LogP contribution in [-0.4, -0.2) is 27.0 Å². The van der Waals surface area contributed by atoms with Gasteiger partial charge in [-0.1, -0.05) is 6.07 Å². The third kappa shape index (κ3) is 4.23. The third-order valence-electron chi connectivity index (χ3n) is 3.89. The van der Waals surface area contributed by atoms with Crippen LogP contribution in [0.5, 0.6) is 0 Å². The van der Waals surface area contributed by atoms with E-state index in [-0.39, 0.29) is 17.2 Å². The number of benzene rings is 1. The van der Waals surface area contributed by atoms with E-state index < -0.39 is 11.7 Å². The molecular weight excluding hydrogens is 413 g/mol. The SMILES string of the molecule is CC(=O)Nc1ccc(-c2csc(NC(=O)c3cc(-c4cccs4)[nH]n3)n2)c(F)c1. The van der Waals surface area contributed by atoms with Crippen LogP contribution in [0.15, 0.2) is 47.2 Å². The van der Waals surface area contributed by atoms with Crippen LogP contribution < -0.4 is 10.6 Å². The summed E-state index contributed by atoms with van der Waals surface area (Å²) in [4.78, 5) is 28.8. The van der Waals surface area contributed by atoms with Crippen molar-refractivity contribution >= 4 is 45.3 Å². The zero-order chi connectivity index (χ0) is 20.4. The number of thiazole rings is 1. The number of aromatic amines is 1. The van der Waals surface area contributed by atoms with E-state index in [2.05, 4.69) is 25.8 Å². The van der Waals surface area contributed by atoms with E-state index >= 15 is 0 Å². The first-order valence-electron chi connectivity index (χ1n) is 8.43. The van der Waals surface area contributed by atoms with Crippen molar-refractivity contribution in [3.05, 3.63) is 58.7 Å². The number of hydrogen-bond donors (Lipinski definition) is 3. The number of nitrogens with zero attached hydrogens (tertiary/aromatic N) is 2. The van der Waals surface area contributed by atoms with Gasteiger partial charge < -0.3 is 5.32 Å². The Labute approximate surface area is 172 Å². The molecule has 10 heteroatoms. The van der Waals surface area contributed by atoms with Crippen molar-refractivity contribution in [2.45, 2.75) is 6.92 Å². The molecule has 0 spiro atoms. The van der Waals surface area contributed by atoms with Crippen LogP contribution in [0.1, 0.15) is 17.4 Å². The summed E-state index contributed by atoms with van der Waals surface area (Å²) in [6, 6.07) is 9.86. The largest absolute Gasteiger partial charge is 0.326 e. The van der Waals surface area contributed by atoms with Crippen molar-refractivity contribution in [2.24, 2.45) is 0 Å². The van der Waals surface area contributed by atoms with E-state index in [1.807, 2.05) is 17.5 Å². The highest BCUT2D eigenvalue weighted by molar-refractivity contribution is 7.14. The summed E-state index contributed by atoms with van der Waals surface area (Å²) >= 11 is 2.72. The maximum absolute atomic E-state index is 14.4. The smallest absolute Gasteiger partial charge is 0.277 e. The summed E-state index contributed by atoms with van der Waals surface area (Å²) in [5.74, 6) is -1.21. The van der Waals surface area contributed by atoms with Crippen LogP contribution in [-0.2, 0) is 4.79 Å². The Kier molecular flexibility index (Phi) is 5.19. The van der Waals surface area contributed by atoms with Crippen LogP contribution in [0.3, 0.4) is 0 Å². The Morgan fingerprint density at radius 3 is 2.72 bits per heavy atom. The summed E-state index contributed by atoms with van der Waals surface area (Å²) in [6.45, 7) is 1.35. The molecule has 4 aromatic rings. The fourth-order valence-electron chi connectivity index (χ4n) is 2.62. The second kappa shape index (κ2) is 7.94. The number of carbonyl (C=O) groups is 2. The molecule has 0 aliphatic carbocycles. The number of thiophene rings is 1. The van der Waals surface area contributed by atoms with Crippen LogP contribution in [0.25, 0.3) is 21.8 Å². The van der Waals surface area contributed by atoms with Gasteiger partial charge in [-0.3, -0.25) is 20.0 Å². The number of nitrogens with one attached hydrogen (secondary N) is 3. The molecule has 0 aliphatic heterocycles. The standard InChI is InChI=1S/C19H14FN5O2S2/c1-10(26)21-11-4-5-12(13(20)7-11)16-9-29-19(22-16)23-18(27)15-8-14(24-25-15)17-3-2-6-28-17/h2-9H,1H3,(H,21,26)(H,24,25)(H,22,23,27). The number of amides is 2. The summed E-state index contributed by atoms with van der Waals surface area (Å²) in [5.41, 5.74) is 2.01. The number of halogens is 1. The van der Waals surface area contributed by atoms with Gasteiger partial charge in [0.25, 0.3) is 5.91 Å². The molecular formula is C19H14FN5O2S2. The van der Waals surface area contributed by atoms with Gasteiger partial charge in [0.2, 0.25) is 5.91 Å². The zero-order valence-electron chi connectivity index (χ0n) is 15.0. The molecule has 0 unspecified atom stereocenters. The Morgan fingerprint density at radius 2 is 2.00 bits per heavy atom. The summed E-state index contributed by atoms with van der Waals surface area (Å²) in [6.07, 6.45) is 0. The minimum absolute atomic E-state index is 0.232. The average Bonchev–Trinajstić information content (AvgIpc) is 3.42. The molecule has 0 saturated heterocycles. The Balaban J connectivity index is 1.48. The highest BCUT2D eigenvalue weighted by Crippen LogP contribution is 2.29. The van der Waals surface area contributed by atoms with Crippen molar-refractivity contribution in [1.29, 1.82) is 0 Å². The van der Waals surface area contributed by atoms with E-state index in [9.17, 15) is 14.0 Å². The van der Waals surface area contributed by atoms with Gasteiger partial charge >= 0.3 is 0 Å². The molecule has 1 aromatic carbocycles. The predicted molar refractivity (Wildman–Crippen MR) is 112 cm³/mol. The Hall–Kier alpha value is -3.37. The summed E-state index contributed by atoms with van der Waals surface area (Å²) in [7, 11) is 0. The van der Waals surface area contributed by atoms with E-state index in [4.69, 9.17) is 0 Å². The van der Waals surface area contributed by atoms with E-state index in [1.165, 1.54) is 41.7 Å². The molecule has 4 rings (SSSR count). The molecule has 0 bridgehead atoms. The van der Waals surface area contributed by atoms with Gasteiger partial charge in [-0.25, -0.2) is 9.37 Å². The van der Waals surface area contributed by atoms with Crippen LogP contribution in [0.4, 0.5) is 15.2 Å². The zero-order valence-corrected chi connectivity index (χ0v) is 16.7. The monoisotopic (exact) mass is 427 g/mol. The van der Waals surface area contributed by atoms with E-state index in [1.54, 1.807) is 17.5 Å². The van der Waals surface area contributed by atoms with Crippen molar-refractivity contribution in [3.63, 3.8) is 0 Å². The van der Waals surface area contributed by atoms with Gasteiger partial charge in [-0.2, -0.15) is 5.10 Å². The lowest BCUT2D eigenvalue weighted by Gasteiger charge is -2.04. The molecule has 0 radical (unpaired) electrons. The van der Waals surface area contributed by atoms with Gasteiger partial charge in [0.15, 0.2) is 10.8 Å². The molecule has 0 saturated carbocycles. The number of aromatic nitrogens is 3. The normalized spacial score (nSPS) is 10.7. The molecule has 146 valence electrons. The van der Waals surface area contributed by atoms with Crippen LogP contribution in [0.2, 0.25) is 0 Å². The van der Waals surface area contributed by atoms with Crippen LogP contribution in [0, 0.1) is 5.82 Å². The number of H-pyrrole nitrogens is 1. The lowest BCUT2D eigenvalue weighted by Crippen LogP contribution is -2.12. The number of hydrogen-bond acceptors (Lipinski definition) is 6. The fourth-order valence-corrected chi connectivity index (χ4v) is 4.01. The highest BCUT2D eigenvalue weighted by atomic mass is 32.1. The number of rotatable bonds is 5. The van der Waals surface area contributed by atoms with Gasteiger partial charge in [0.1, 0.15) is 5.82 Å². The molecule has 3 heterocycles. The van der Waals surface area contributed by atoms with Crippen molar-refractivity contribution in [2.75, 3.05) is 10.6 Å². The topological polar surface area (TPSA) is 99.8 Å². The molecule has 3 aromatic heterocycles. The molecule has 7 nitrogen and oxygen atoms in total. The van der Waals surface area contributed by atoms with Gasteiger partial charge in [-0.15, -0.1) is 22.7 Å². The first kappa shape index (κ1) is 19.0. The third-order valence-corrected chi connectivity index (χ3v) is 5.55. The molecule has 0 aliphatic rings. The second-order valence-corrected chi connectivity index (χ2v) is 7.82. The molecule has 3 N–H and O–H groups in total. The quantitative estimate of drug-likeness (QED) is 0.433. The van der Waals surface area contributed by atoms with Crippen LogP contribution >= 0.6 is 22.7 Å². The molecule has 0 atom stereocenters. The highest BCUT2D eigenvalue weighted by Gasteiger charge is 2.16. The fraction of sp³-hybridized carbons (Fsp3) is 0.0526. The minimum Gasteiger partial charge on any atom is -0.326 e. The maximum Gasteiger partial charge on any atom is 0.277 e. The van der Waals surface area contributed by atoms with Crippen molar-refractivity contribution < 1.29 is 14.0 Å². The first-order valence-corrected chi connectivity index (χ1v) is 10.2. The Morgan fingerprint density at radius 1 is 1.14 bits per heavy atom. The molecule has 2 amide bonds. The minimum atomic E-state index is -0.521. The van der Waals surface area contributed by atoms with Gasteiger partial charge in [0.05, 0.1) is 16.3 Å². The second-order valence-electron chi connectivity index (χ2n) is 6.01. The molecule has 29 heavy (non-hydrogen) atoms. The predicted octanol–water partition coefficient (Wildman–Crippen LogP) is 4.61. The number of carbonyl (C=O) groups excluding carboxylic acids is 2. The van der Waals surface area contributed by atoms with Crippen molar-refractivity contribution in [3.8, 4) is 21.8 Å².